The fourth-order valence-corrected chi connectivity index (χ4v) is 3.30. The summed E-state index contributed by atoms with van der Waals surface area (Å²) in [6.07, 6.45) is 0.385. The predicted octanol–water partition coefficient (Wildman–Crippen LogP) is 1.46. The molecule has 0 saturated carbocycles. The van der Waals surface area contributed by atoms with Gasteiger partial charge in [-0.1, -0.05) is 26.8 Å². The molecule has 2 heterocycles. The second kappa shape index (κ2) is 6.61. The van der Waals surface area contributed by atoms with Crippen LogP contribution in [0.25, 0.3) is 0 Å². The molecule has 1 aromatic carbocycles. The first-order valence-electron chi connectivity index (χ1n) is 8.73. The molecule has 2 aliphatic heterocycles. The third-order valence-corrected chi connectivity index (χ3v) is 4.43. The van der Waals surface area contributed by atoms with E-state index in [-0.39, 0.29) is 47.4 Å². The van der Waals surface area contributed by atoms with Crippen molar-refractivity contribution in [2.75, 3.05) is 5.32 Å². The topological polar surface area (TPSA) is 113 Å². The minimum atomic E-state index is -1.03. The number of hydrogen-bond donors (Lipinski definition) is 2. The lowest BCUT2D eigenvalue weighted by Crippen LogP contribution is -2.54. The van der Waals surface area contributed by atoms with Gasteiger partial charge in [-0.25, -0.2) is 0 Å². The summed E-state index contributed by atoms with van der Waals surface area (Å²) in [5.74, 6) is -2.61. The Morgan fingerprint density at radius 2 is 1.89 bits per heavy atom. The Bertz CT molecular complexity index is 869. The van der Waals surface area contributed by atoms with Crippen LogP contribution in [0.15, 0.2) is 18.2 Å². The summed E-state index contributed by atoms with van der Waals surface area (Å²) in [5.41, 5.74) is 0.225. The number of rotatable bonds is 3. The van der Waals surface area contributed by atoms with Crippen LogP contribution in [0.4, 0.5) is 5.69 Å². The van der Waals surface area contributed by atoms with Crippen LogP contribution in [-0.2, 0) is 14.4 Å². The van der Waals surface area contributed by atoms with Gasteiger partial charge < -0.3 is 5.32 Å². The van der Waals surface area contributed by atoms with Gasteiger partial charge in [0.15, 0.2) is 0 Å². The Balaban J connectivity index is 1.89. The molecule has 0 bridgehead atoms. The van der Waals surface area contributed by atoms with E-state index >= 15 is 0 Å². The summed E-state index contributed by atoms with van der Waals surface area (Å²) in [6, 6.07) is 3.58. The van der Waals surface area contributed by atoms with Crippen LogP contribution >= 0.6 is 0 Å². The Morgan fingerprint density at radius 1 is 1.19 bits per heavy atom. The molecule has 2 N–H and O–H groups in total. The van der Waals surface area contributed by atoms with E-state index in [1.165, 1.54) is 6.07 Å². The maximum Gasteiger partial charge on any atom is 0.264 e. The third kappa shape index (κ3) is 3.60. The van der Waals surface area contributed by atoms with Gasteiger partial charge in [0.05, 0.1) is 16.8 Å². The number of hydrogen-bond acceptors (Lipinski definition) is 5. The van der Waals surface area contributed by atoms with Crippen LogP contribution in [0.5, 0.6) is 0 Å². The van der Waals surface area contributed by atoms with Crippen molar-refractivity contribution in [3.8, 4) is 0 Å². The zero-order valence-electron chi connectivity index (χ0n) is 15.4. The van der Waals surface area contributed by atoms with Gasteiger partial charge in [0.25, 0.3) is 11.8 Å². The molecular weight excluding hydrogens is 350 g/mol. The Kier molecular flexibility index (Phi) is 4.59. The van der Waals surface area contributed by atoms with Crippen molar-refractivity contribution in [2.24, 2.45) is 5.41 Å². The molecule has 1 saturated heterocycles. The first kappa shape index (κ1) is 18.8. The van der Waals surface area contributed by atoms with Gasteiger partial charge in [0.2, 0.25) is 17.7 Å². The second-order valence-electron chi connectivity index (χ2n) is 7.96. The van der Waals surface area contributed by atoms with Crippen LogP contribution in [0.2, 0.25) is 0 Å². The maximum atomic E-state index is 12.9. The number of amides is 5. The van der Waals surface area contributed by atoms with Gasteiger partial charge in [-0.2, -0.15) is 0 Å². The van der Waals surface area contributed by atoms with Gasteiger partial charge in [0.1, 0.15) is 6.04 Å². The molecule has 1 atom stereocenters. The summed E-state index contributed by atoms with van der Waals surface area (Å²) < 4.78 is 0. The zero-order valence-corrected chi connectivity index (χ0v) is 15.4. The van der Waals surface area contributed by atoms with Crippen molar-refractivity contribution in [1.82, 2.24) is 10.2 Å². The highest BCUT2D eigenvalue weighted by atomic mass is 16.2. The molecule has 0 aliphatic carbocycles. The van der Waals surface area contributed by atoms with Gasteiger partial charge in [-0.05, 0) is 24.0 Å². The van der Waals surface area contributed by atoms with Crippen LogP contribution in [0, 0.1) is 5.41 Å². The Labute approximate surface area is 156 Å². The van der Waals surface area contributed by atoms with Crippen LogP contribution in [-0.4, -0.2) is 40.5 Å². The maximum absolute atomic E-state index is 12.9. The fraction of sp³-hybridized carbons (Fsp3) is 0.421. The smallest absolute Gasteiger partial charge is 0.264 e. The van der Waals surface area contributed by atoms with Gasteiger partial charge in [0, 0.05) is 12.8 Å². The Morgan fingerprint density at radius 3 is 2.52 bits per heavy atom. The minimum absolute atomic E-state index is 0.0546. The molecule has 1 aromatic rings. The standard InChI is InChI=1S/C19H21N3O5/c1-19(2,3)9-14(24)20-11-6-4-5-10-15(11)18(27)22(17(10)26)12-7-8-13(23)21-16(12)25/h4-6,12H,7-9H2,1-3H3,(H,20,24)(H,21,23,25). The van der Waals surface area contributed by atoms with Crippen LogP contribution in [0.3, 0.4) is 0 Å². The van der Waals surface area contributed by atoms with Crippen molar-refractivity contribution >= 4 is 35.2 Å². The van der Waals surface area contributed by atoms with Crippen molar-refractivity contribution in [3.05, 3.63) is 29.3 Å². The van der Waals surface area contributed by atoms with Crippen LogP contribution in [0.1, 0.15) is 60.7 Å². The van der Waals surface area contributed by atoms with Crippen molar-refractivity contribution in [2.45, 2.75) is 46.1 Å². The van der Waals surface area contributed by atoms with E-state index in [0.29, 0.717) is 0 Å². The van der Waals surface area contributed by atoms with E-state index in [0.717, 1.165) is 4.90 Å². The molecule has 27 heavy (non-hydrogen) atoms. The zero-order chi connectivity index (χ0) is 19.9. The summed E-state index contributed by atoms with van der Waals surface area (Å²) in [6.45, 7) is 5.75. The largest absolute Gasteiger partial charge is 0.325 e. The number of carbonyl (C=O) groups excluding carboxylic acids is 5. The molecule has 8 nitrogen and oxygen atoms in total. The average Bonchev–Trinajstić information content (AvgIpc) is 2.78. The summed E-state index contributed by atoms with van der Waals surface area (Å²) in [5, 5.41) is 4.85. The summed E-state index contributed by atoms with van der Waals surface area (Å²) >= 11 is 0. The minimum Gasteiger partial charge on any atom is -0.325 e. The monoisotopic (exact) mass is 371 g/mol. The number of fused-ring (bicyclic) bond motifs is 1. The highest BCUT2D eigenvalue weighted by Gasteiger charge is 2.45. The van der Waals surface area contributed by atoms with Crippen molar-refractivity contribution in [1.29, 1.82) is 0 Å². The molecule has 0 radical (unpaired) electrons. The molecule has 1 unspecified atom stereocenters. The van der Waals surface area contributed by atoms with E-state index in [1.807, 2.05) is 20.8 Å². The fourth-order valence-electron chi connectivity index (χ4n) is 3.30. The Hall–Kier alpha value is -3.03. The van der Waals surface area contributed by atoms with E-state index in [9.17, 15) is 24.0 Å². The number of nitrogens with zero attached hydrogens (tertiary/aromatic N) is 1. The van der Waals surface area contributed by atoms with E-state index in [1.54, 1.807) is 12.1 Å². The second-order valence-corrected chi connectivity index (χ2v) is 7.96. The average molecular weight is 371 g/mol. The van der Waals surface area contributed by atoms with E-state index in [4.69, 9.17) is 0 Å². The number of nitrogens with one attached hydrogen (secondary N) is 2. The molecule has 5 amide bonds. The number of anilines is 1. The van der Waals surface area contributed by atoms with Gasteiger partial charge in [-0.3, -0.25) is 34.2 Å². The molecule has 0 aromatic heterocycles. The molecule has 3 rings (SSSR count). The van der Waals surface area contributed by atoms with Gasteiger partial charge in [-0.15, -0.1) is 0 Å². The number of benzene rings is 1. The van der Waals surface area contributed by atoms with Crippen LogP contribution < -0.4 is 10.6 Å². The number of piperidine rings is 1. The van der Waals surface area contributed by atoms with Crippen molar-refractivity contribution in [3.63, 3.8) is 0 Å². The lowest BCUT2D eigenvalue weighted by Gasteiger charge is -2.27. The van der Waals surface area contributed by atoms with E-state index in [2.05, 4.69) is 10.6 Å². The van der Waals surface area contributed by atoms with Crippen molar-refractivity contribution < 1.29 is 24.0 Å². The molecule has 8 heteroatoms. The molecule has 0 spiro atoms. The first-order chi connectivity index (χ1) is 12.6. The number of carbonyl (C=O) groups is 5. The normalized spacial score (nSPS) is 19.8. The molecule has 2 aliphatic rings. The molecule has 142 valence electrons. The highest BCUT2D eigenvalue weighted by Crippen LogP contribution is 2.32. The highest BCUT2D eigenvalue weighted by molar-refractivity contribution is 6.26. The SMILES string of the molecule is CC(C)(C)CC(=O)Nc1cccc2c1C(=O)N(C1CCC(=O)NC1=O)C2=O. The van der Waals surface area contributed by atoms with Gasteiger partial charge >= 0.3 is 0 Å². The first-order valence-corrected chi connectivity index (χ1v) is 8.73. The quantitative estimate of drug-likeness (QED) is 0.781. The van der Waals surface area contributed by atoms with E-state index < -0.39 is 29.7 Å². The summed E-state index contributed by atoms with van der Waals surface area (Å²) in [4.78, 5) is 62.2. The molecule has 1 fully saturated rings. The molecular formula is C19H21N3O5. The third-order valence-electron chi connectivity index (χ3n) is 4.43. The number of imide groups is 2. The summed E-state index contributed by atoms with van der Waals surface area (Å²) in [7, 11) is 0. The predicted molar refractivity (Wildman–Crippen MR) is 95.8 cm³/mol. The lowest BCUT2D eigenvalue weighted by molar-refractivity contribution is -0.136. The lowest BCUT2D eigenvalue weighted by atomic mass is 9.92.